The molecule has 1 atom stereocenters. The molecule has 0 aliphatic carbocycles. The van der Waals surface area contributed by atoms with Crippen LogP contribution in [-0.4, -0.2) is 26.2 Å². The second kappa shape index (κ2) is 6.79. The smallest absolute Gasteiger partial charge is 0.433 e. The SMILES string of the molecule is O=[N+]([O-])c1cc(C(F)(F)C(F)(c2ccc(O)c([N+](=O)[O-])c2)C(F)(F)F)ccc1O. The zero-order valence-electron chi connectivity index (χ0n) is 13.7. The van der Waals surface area contributed by atoms with Crippen molar-refractivity contribution in [1.29, 1.82) is 0 Å². The number of phenolic OH excluding ortho intramolecular Hbond substituents is 2. The molecule has 2 aromatic carbocycles. The van der Waals surface area contributed by atoms with Gasteiger partial charge in [0.05, 0.1) is 9.85 Å². The number of nitrogens with zero attached hydrogens (tertiary/aromatic N) is 2. The van der Waals surface area contributed by atoms with Gasteiger partial charge in [0, 0.05) is 23.3 Å². The van der Waals surface area contributed by atoms with Crippen LogP contribution in [-0.2, 0) is 11.6 Å². The topological polar surface area (TPSA) is 127 Å². The maximum Gasteiger partial charge on any atom is 0.433 e. The Labute approximate surface area is 155 Å². The molecular weight excluding hydrogens is 418 g/mol. The highest BCUT2D eigenvalue weighted by molar-refractivity contribution is 5.52. The largest absolute Gasteiger partial charge is 0.502 e. The molecule has 2 rings (SSSR count). The third kappa shape index (κ3) is 3.36. The fraction of sp³-hybridized carbons (Fsp3) is 0.200. The first kappa shape index (κ1) is 21.7. The highest BCUT2D eigenvalue weighted by Crippen LogP contribution is 2.58. The maximum atomic E-state index is 15.1. The van der Waals surface area contributed by atoms with Gasteiger partial charge in [-0.15, -0.1) is 0 Å². The summed E-state index contributed by atoms with van der Waals surface area (Å²) in [6.45, 7) is 0. The highest BCUT2D eigenvalue weighted by Gasteiger charge is 2.73. The van der Waals surface area contributed by atoms with Crippen LogP contribution < -0.4 is 0 Å². The Bertz CT molecular complexity index is 996. The minimum absolute atomic E-state index is 0.0680. The summed E-state index contributed by atoms with van der Waals surface area (Å²) in [6.07, 6.45) is -6.35. The quantitative estimate of drug-likeness (QED) is 0.414. The molecular formula is C15H8F6N2O6. The van der Waals surface area contributed by atoms with Gasteiger partial charge in [-0.3, -0.25) is 20.2 Å². The summed E-state index contributed by atoms with van der Waals surface area (Å²) in [5.41, 5.74) is -12.2. The molecule has 0 aliphatic rings. The predicted molar refractivity (Wildman–Crippen MR) is 82.3 cm³/mol. The normalized spacial score (nSPS) is 14.3. The third-order valence-corrected chi connectivity index (χ3v) is 3.93. The molecule has 0 saturated carbocycles. The van der Waals surface area contributed by atoms with Gasteiger partial charge in [-0.1, -0.05) is 6.07 Å². The molecule has 0 aromatic heterocycles. The zero-order chi connectivity index (χ0) is 22.4. The molecule has 156 valence electrons. The van der Waals surface area contributed by atoms with Gasteiger partial charge in [-0.2, -0.15) is 22.0 Å². The molecule has 1 unspecified atom stereocenters. The van der Waals surface area contributed by atoms with Crippen molar-refractivity contribution in [3.05, 3.63) is 67.8 Å². The Hall–Kier alpha value is -3.58. The number of phenols is 2. The summed E-state index contributed by atoms with van der Waals surface area (Å²) >= 11 is 0. The number of nitro groups is 2. The van der Waals surface area contributed by atoms with E-state index in [1.54, 1.807) is 0 Å². The lowest BCUT2D eigenvalue weighted by Crippen LogP contribution is -2.51. The van der Waals surface area contributed by atoms with Crippen molar-refractivity contribution in [2.45, 2.75) is 17.8 Å². The van der Waals surface area contributed by atoms with Crippen molar-refractivity contribution in [3.8, 4) is 11.5 Å². The van der Waals surface area contributed by atoms with E-state index >= 15 is 4.39 Å². The highest BCUT2D eigenvalue weighted by atomic mass is 19.4. The molecule has 14 heteroatoms. The van der Waals surface area contributed by atoms with Gasteiger partial charge in [0.25, 0.3) is 5.67 Å². The molecule has 0 bridgehead atoms. The Balaban J connectivity index is 2.82. The molecule has 2 aromatic rings. The summed E-state index contributed by atoms with van der Waals surface area (Å²) in [5.74, 6) is -7.90. The van der Waals surface area contributed by atoms with E-state index in [0.717, 1.165) is 0 Å². The van der Waals surface area contributed by atoms with Crippen LogP contribution in [0.15, 0.2) is 36.4 Å². The minimum Gasteiger partial charge on any atom is -0.502 e. The van der Waals surface area contributed by atoms with E-state index in [0.29, 0.717) is 0 Å². The van der Waals surface area contributed by atoms with Crippen molar-refractivity contribution in [1.82, 2.24) is 0 Å². The van der Waals surface area contributed by atoms with E-state index in [9.17, 15) is 52.4 Å². The first-order valence-corrected chi connectivity index (χ1v) is 7.23. The number of benzene rings is 2. The number of aromatic hydroxyl groups is 2. The summed E-state index contributed by atoms with van der Waals surface area (Å²) in [6, 6.07) is 0.339. The van der Waals surface area contributed by atoms with E-state index < -0.39 is 61.6 Å². The van der Waals surface area contributed by atoms with Crippen LogP contribution in [0.1, 0.15) is 11.1 Å². The lowest BCUT2D eigenvalue weighted by atomic mass is 9.84. The van der Waals surface area contributed by atoms with Crippen molar-refractivity contribution in [3.63, 3.8) is 0 Å². The average molecular weight is 426 g/mol. The van der Waals surface area contributed by atoms with Crippen LogP contribution in [0.5, 0.6) is 11.5 Å². The number of alkyl halides is 6. The molecule has 0 fully saturated rings. The lowest BCUT2D eigenvalue weighted by Gasteiger charge is -2.35. The van der Waals surface area contributed by atoms with E-state index in [4.69, 9.17) is 0 Å². The molecule has 0 heterocycles. The molecule has 2 N–H and O–H groups in total. The van der Waals surface area contributed by atoms with Crippen molar-refractivity contribution < 1.29 is 46.4 Å². The molecule has 0 aliphatic heterocycles. The number of rotatable bonds is 5. The van der Waals surface area contributed by atoms with E-state index in [-0.39, 0.29) is 36.4 Å². The maximum absolute atomic E-state index is 15.1. The fourth-order valence-corrected chi connectivity index (χ4v) is 2.47. The second-order valence-corrected chi connectivity index (χ2v) is 5.65. The lowest BCUT2D eigenvalue weighted by molar-refractivity contribution is -0.386. The van der Waals surface area contributed by atoms with Crippen LogP contribution in [0.3, 0.4) is 0 Å². The molecule has 29 heavy (non-hydrogen) atoms. The minimum atomic E-state index is -6.35. The van der Waals surface area contributed by atoms with E-state index in [1.807, 2.05) is 0 Å². The van der Waals surface area contributed by atoms with Crippen LogP contribution in [0, 0.1) is 20.2 Å². The summed E-state index contributed by atoms with van der Waals surface area (Å²) in [4.78, 5) is 18.7. The Morgan fingerprint density at radius 2 is 1.10 bits per heavy atom. The van der Waals surface area contributed by atoms with Crippen molar-refractivity contribution >= 4 is 11.4 Å². The van der Waals surface area contributed by atoms with Crippen LogP contribution in [0.25, 0.3) is 0 Å². The number of hydrogen-bond donors (Lipinski definition) is 2. The fourth-order valence-electron chi connectivity index (χ4n) is 2.47. The van der Waals surface area contributed by atoms with Gasteiger partial charge in [-0.25, -0.2) is 4.39 Å². The third-order valence-electron chi connectivity index (χ3n) is 3.93. The molecule has 0 spiro atoms. The standard InChI is InChI=1S/C15H8F6N2O6/c16-13(15(19,20)21,7-1-3-11(24)9(5-7)22(26)27)14(17,18)8-2-4-12(25)10(6-8)23(28)29/h1-6,24-25H. The summed E-state index contributed by atoms with van der Waals surface area (Å²) in [5, 5.41) is 40.1. The summed E-state index contributed by atoms with van der Waals surface area (Å²) < 4.78 is 85.0. The van der Waals surface area contributed by atoms with Crippen molar-refractivity contribution in [2.75, 3.05) is 0 Å². The first-order valence-electron chi connectivity index (χ1n) is 7.23. The monoisotopic (exact) mass is 426 g/mol. The van der Waals surface area contributed by atoms with Gasteiger partial charge >= 0.3 is 23.5 Å². The average Bonchev–Trinajstić information content (AvgIpc) is 2.59. The van der Waals surface area contributed by atoms with Gasteiger partial charge in [0.1, 0.15) is 0 Å². The van der Waals surface area contributed by atoms with Gasteiger partial charge in [-0.05, 0) is 18.2 Å². The van der Waals surface area contributed by atoms with Crippen molar-refractivity contribution in [2.24, 2.45) is 0 Å². The second-order valence-electron chi connectivity index (χ2n) is 5.65. The zero-order valence-corrected chi connectivity index (χ0v) is 13.7. The molecule has 0 saturated heterocycles. The van der Waals surface area contributed by atoms with E-state index in [1.165, 1.54) is 0 Å². The first-order chi connectivity index (χ1) is 13.1. The Morgan fingerprint density at radius 1 is 0.724 bits per heavy atom. The summed E-state index contributed by atoms with van der Waals surface area (Å²) in [7, 11) is 0. The Kier molecular flexibility index (Phi) is 5.08. The number of nitro benzene ring substituents is 2. The van der Waals surface area contributed by atoms with Gasteiger partial charge in [0.15, 0.2) is 11.5 Å². The van der Waals surface area contributed by atoms with Gasteiger partial charge < -0.3 is 10.2 Å². The van der Waals surface area contributed by atoms with Crippen LogP contribution in [0.2, 0.25) is 0 Å². The van der Waals surface area contributed by atoms with Crippen LogP contribution >= 0.6 is 0 Å². The number of hydrogen-bond acceptors (Lipinski definition) is 6. The number of halogens is 6. The molecule has 0 radical (unpaired) electrons. The Morgan fingerprint density at radius 3 is 1.48 bits per heavy atom. The molecule has 0 amide bonds. The van der Waals surface area contributed by atoms with E-state index in [2.05, 4.69) is 0 Å². The molecule has 8 nitrogen and oxygen atoms in total. The van der Waals surface area contributed by atoms with Crippen LogP contribution in [0.4, 0.5) is 37.7 Å². The predicted octanol–water partition coefficient (Wildman–Crippen LogP) is 4.43. The van der Waals surface area contributed by atoms with Gasteiger partial charge in [0.2, 0.25) is 0 Å².